The van der Waals surface area contributed by atoms with Crippen molar-refractivity contribution in [3.05, 3.63) is 83.4 Å². The molecule has 2 heterocycles. The highest BCUT2D eigenvalue weighted by Gasteiger charge is 2.22. The molecule has 1 fully saturated rings. The summed E-state index contributed by atoms with van der Waals surface area (Å²) in [4.78, 5) is 19.9. The summed E-state index contributed by atoms with van der Waals surface area (Å²) in [7, 11) is 0. The molecule has 0 bridgehead atoms. The van der Waals surface area contributed by atoms with Gasteiger partial charge in [-0.15, -0.1) is 0 Å². The van der Waals surface area contributed by atoms with Gasteiger partial charge in [0.15, 0.2) is 0 Å². The molecule has 1 amide bonds. The second kappa shape index (κ2) is 7.97. The van der Waals surface area contributed by atoms with Crippen LogP contribution in [-0.2, 0) is 0 Å². The van der Waals surface area contributed by atoms with Gasteiger partial charge in [0.05, 0.1) is 11.4 Å². The minimum absolute atomic E-state index is 0.0950. The maximum atomic E-state index is 12.8. The van der Waals surface area contributed by atoms with Crippen LogP contribution in [0.2, 0.25) is 0 Å². The van der Waals surface area contributed by atoms with Gasteiger partial charge in [-0.25, -0.2) is 10.0 Å². The van der Waals surface area contributed by atoms with E-state index in [0.717, 1.165) is 58.2 Å². The van der Waals surface area contributed by atoms with Crippen molar-refractivity contribution in [3.63, 3.8) is 0 Å². The first kappa shape index (κ1) is 18.9. The molecule has 30 heavy (non-hydrogen) atoms. The smallest absolute Gasteiger partial charge is 0.265 e. The van der Waals surface area contributed by atoms with E-state index in [9.17, 15) is 4.79 Å². The van der Waals surface area contributed by atoms with Crippen molar-refractivity contribution in [1.82, 2.24) is 10.4 Å². The third-order valence-corrected chi connectivity index (χ3v) is 6.54. The third kappa shape index (κ3) is 3.60. The normalized spacial score (nSPS) is 15.7. The molecule has 0 aliphatic carbocycles. The molecule has 3 aromatic rings. The van der Waals surface area contributed by atoms with Crippen LogP contribution in [-0.4, -0.2) is 29.7 Å². The van der Waals surface area contributed by atoms with E-state index in [0.29, 0.717) is 11.3 Å². The summed E-state index contributed by atoms with van der Waals surface area (Å²) in [5, 5.41) is 1.98. The largest absolute Gasteiger partial charge is 0.398 e. The molecule has 1 saturated heterocycles. The fourth-order valence-corrected chi connectivity index (χ4v) is 4.84. The minimum atomic E-state index is -0.0950. The number of anilines is 1. The molecule has 5 rings (SSSR count). The maximum Gasteiger partial charge on any atom is 0.265 e. The van der Waals surface area contributed by atoms with Gasteiger partial charge < -0.3 is 5.73 Å². The Kier molecular flexibility index (Phi) is 5.02. The molecule has 2 aliphatic rings. The Balaban J connectivity index is 1.59. The average Bonchev–Trinajstić information content (AvgIpc) is 3.21. The predicted octanol–water partition coefficient (Wildman–Crippen LogP) is 4.64. The van der Waals surface area contributed by atoms with Crippen LogP contribution in [0.1, 0.15) is 34.3 Å². The van der Waals surface area contributed by atoms with Crippen LogP contribution < -0.4 is 11.2 Å². The number of hydrogen-bond donors (Lipinski definition) is 2. The summed E-state index contributed by atoms with van der Waals surface area (Å²) in [5.41, 5.74) is 14.1. The van der Waals surface area contributed by atoms with E-state index in [-0.39, 0.29) is 5.91 Å². The number of rotatable bonds is 3. The Morgan fingerprint density at radius 2 is 1.67 bits per heavy atom. The predicted molar refractivity (Wildman–Crippen MR) is 121 cm³/mol. The van der Waals surface area contributed by atoms with Gasteiger partial charge in [0, 0.05) is 45.3 Å². The van der Waals surface area contributed by atoms with Gasteiger partial charge in [-0.1, -0.05) is 48.2 Å². The van der Waals surface area contributed by atoms with Crippen LogP contribution >= 0.6 is 11.8 Å². The van der Waals surface area contributed by atoms with Crippen molar-refractivity contribution < 1.29 is 4.79 Å². The van der Waals surface area contributed by atoms with E-state index in [4.69, 9.17) is 10.7 Å². The molecule has 0 unspecified atom stereocenters. The first-order valence-corrected chi connectivity index (χ1v) is 10.9. The topological polar surface area (TPSA) is 70.7 Å². The lowest BCUT2D eigenvalue weighted by Crippen LogP contribution is -2.39. The second-order valence-electron chi connectivity index (χ2n) is 7.46. The summed E-state index contributed by atoms with van der Waals surface area (Å²) in [6, 6.07) is 21.7. The van der Waals surface area contributed by atoms with Crippen molar-refractivity contribution >= 4 is 34.8 Å². The number of nitrogens with zero attached hydrogens (tertiary/aromatic N) is 2. The Morgan fingerprint density at radius 1 is 0.933 bits per heavy atom. The number of hydrogen-bond acceptors (Lipinski definition) is 5. The lowest BCUT2D eigenvalue weighted by molar-refractivity contribution is 0.0826. The fourth-order valence-electron chi connectivity index (χ4n) is 3.84. The summed E-state index contributed by atoms with van der Waals surface area (Å²) in [6.07, 6.45) is 2.23. The highest BCUT2D eigenvalue weighted by Crippen LogP contribution is 2.42. The van der Waals surface area contributed by atoms with E-state index in [2.05, 4.69) is 17.6 Å². The Hall–Kier alpha value is -3.09. The summed E-state index contributed by atoms with van der Waals surface area (Å²) in [5.74, 6) is -0.0950. The molecule has 2 aliphatic heterocycles. The zero-order valence-corrected chi connectivity index (χ0v) is 17.3. The fraction of sp³-hybridized carbons (Fsp3) is 0.167. The van der Waals surface area contributed by atoms with Crippen LogP contribution in [0, 0.1) is 0 Å². The van der Waals surface area contributed by atoms with Gasteiger partial charge in [0.1, 0.15) is 0 Å². The molecule has 5 nitrogen and oxygen atoms in total. The van der Waals surface area contributed by atoms with Crippen LogP contribution in [0.4, 0.5) is 11.4 Å². The molecule has 0 radical (unpaired) electrons. The van der Waals surface area contributed by atoms with E-state index in [1.807, 2.05) is 59.6 Å². The molecular weight excluding hydrogens is 392 g/mol. The number of hydrazine groups is 1. The SMILES string of the molecule is Nc1ccccc1C1=Nc2cc(C(=O)NN3CCCC3)ccc2Sc2ccccc21. The van der Waals surface area contributed by atoms with Crippen LogP contribution in [0.5, 0.6) is 0 Å². The van der Waals surface area contributed by atoms with Gasteiger partial charge in [0.2, 0.25) is 0 Å². The highest BCUT2D eigenvalue weighted by atomic mass is 32.2. The molecule has 3 N–H and O–H groups in total. The number of fused-ring (bicyclic) bond motifs is 2. The first-order valence-electron chi connectivity index (χ1n) is 10.1. The van der Waals surface area contributed by atoms with E-state index in [1.54, 1.807) is 11.8 Å². The molecular formula is C24H22N4OS. The van der Waals surface area contributed by atoms with Crippen LogP contribution in [0.3, 0.4) is 0 Å². The molecule has 0 aromatic heterocycles. The van der Waals surface area contributed by atoms with Crippen molar-refractivity contribution in [3.8, 4) is 0 Å². The van der Waals surface area contributed by atoms with Crippen molar-refractivity contribution in [2.75, 3.05) is 18.8 Å². The number of carbonyl (C=O) groups excluding carboxylic acids is 1. The summed E-state index contributed by atoms with van der Waals surface area (Å²) in [6.45, 7) is 1.80. The number of carbonyl (C=O) groups is 1. The van der Waals surface area contributed by atoms with Crippen molar-refractivity contribution in [1.29, 1.82) is 0 Å². The summed E-state index contributed by atoms with van der Waals surface area (Å²) >= 11 is 1.66. The van der Waals surface area contributed by atoms with E-state index < -0.39 is 0 Å². The summed E-state index contributed by atoms with van der Waals surface area (Å²) < 4.78 is 0. The average molecular weight is 415 g/mol. The number of benzene rings is 3. The van der Waals surface area contributed by atoms with Crippen LogP contribution in [0.15, 0.2) is 81.5 Å². The lowest BCUT2D eigenvalue weighted by atomic mass is 10.0. The maximum absolute atomic E-state index is 12.8. The van der Waals surface area contributed by atoms with Crippen molar-refractivity contribution in [2.45, 2.75) is 22.6 Å². The zero-order chi connectivity index (χ0) is 20.5. The number of nitrogens with two attached hydrogens (primary N) is 1. The Morgan fingerprint density at radius 3 is 2.47 bits per heavy atom. The van der Waals surface area contributed by atoms with E-state index in [1.165, 1.54) is 0 Å². The lowest BCUT2D eigenvalue weighted by Gasteiger charge is -2.16. The number of amides is 1. The molecule has 0 spiro atoms. The van der Waals surface area contributed by atoms with Crippen molar-refractivity contribution in [2.24, 2.45) is 4.99 Å². The number of aliphatic imine (C=N–C) groups is 1. The number of nitrogens with one attached hydrogen (secondary N) is 1. The van der Waals surface area contributed by atoms with Gasteiger partial charge in [-0.3, -0.25) is 10.2 Å². The number of nitrogen functional groups attached to an aromatic ring is 1. The van der Waals surface area contributed by atoms with Gasteiger partial charge in [0.25, 0.3) is 5.91 Å². The van der Waals surface area contributed by atoms with Gasteiger partial charge >= 0.3 is 0 Å². The van der Waals surface area contributed by atoms with Gasteiger partial charge in [-0.2, -0.15) is 0 Å². The molecule has 150 valence electrons. The molecule has 3 aromatic carbocycles. The Bertz CT molecular complexity index is 1150. The number of para-hydroxylation sites is 1. The second-order valence-corrected chi connectivity index (χ2v) is 8.55. The quantitative estimate of drug-likeness (QED) is 0.479. The standard InChI is InChI=1S/C24H22N4OS/c25-19-9-3-1-7-17(19)23-18-8-2-4-10-21(18)30-22-12-11-16(15-20(22)26-23)24(29)27-28-13-5-6-14-28/h1-4,7-12,15H,5-6,13-14,25H2,(H,27,29). The highest BCUT2D eigenvalue weighted by molar-refractivity contribution is 7.99. The minimum Gasteiger partial charge on any atom is -0.398 e. The molecule has 0 saturated carbocycles. The Labute approximate surface area is 180 Å². The van der Waals surface area contributed by atoms with Gasteiger partial charge in [-0.05, 0) is 43.2 Å². The zero-order valence-electron chi connectivity index (χ0n) is 16.5. The third-order valence-electron chi connectivity index (χ3n) is 5.40. The molecule has 0 atom stereocenters. The van der Waals surface area contributed by atoms with E-state index >= 15 is 0 Å². The van der Waals surface area contributed by atoms with Crippen LogP contribution in [0.25, 0.3) is 0 Å². The monoisotopic (exact) mass is 414 g/mol. The molecule has 6 heteroatoms. The first-order chi connectivity index (χ1) is 14.7.